The second kappa shape index (κ2) is 9.12. The lowest BCUT2D eigenvalue weighted by molar-refractivity contribution is 0.0326. The van der Waals surface area contributed by atoms with Gasteiger partial charge in [0.15, 0.2) is 0 Å². The fourth-order valence-electron chi connectivity index (χ4n) is 1.54. The van der Waals surface area contributed by atoms with Crippen LogP contribution in [-0.4, -0.2) is 33.0 Å². The highest BCUT2D eigenvalue weighted by atomic mass is 35.5. The largest absolute Gasteiger partial charge is 0.367 e. The summed E-state index contributed by atoms with van der Waals surface area (Å²) in [5.41, 5.74) is 8.69. The van der Waals surface area contributed by atoms with Gasteiger partial charge in [-0.3, -0.25) is 4.84 Å². The minimum Gasteiger partial charge on any atom is -0.367 e. The Bertz CT molecular complexity index is 671. The van der Waals surface area contributed by atoms with Gasteiger partial charge in [-0.05, 0) is 38.3 Å². The van der Waals surface area contributed by atoms with E-state index in [2.05, 4.69) is 20.7 Å². The van der Waals surface area contributed by atoms with Crippen molar-refractivity contribution in [1.82, 2.24) is 10.5 Å². The van der Waals surface area contributed by atoms with Crippen LogP contribution in [0.4, 0.5) is 0 Å². The van der Waals surface area contributed by atoms with Crippen LogP contribution in [0.1, 0.15) is 25.8 Å². The van der Waals surface area contributed by atoms with E-state index in [4.69, 9.17) is 33.8 Å². The number of hydrogen-bond acceptors (Lipinski definition) is 3. The molecule has 1 rings (SSSR count). The summed E-state index contributed by atoms with van der Waals surface area (Å²) in [4.78, 5) is 9.47. The smallest absolute Gasteiger partial charge is 0.226 e. The molecule has 1 heterocycles. The van der Waals surface area contributed by atoms with E-state index in [-0.39, 0.29) is 12.1 Å². The average Bonchev–Trinajstić information content (AvgIpc) is 2.46. The van der Waals surface area contributed by atoms with Crippen LogP contribution in [0.5, 0.6) is 0 Å². The number of nitrogens with two attached hydrogens (primary N) is 1. The number of pyridine rings is 1. The molecule has 0 saturated heterocycles. The molecule has 0 aliphatic heterocycles. The first-order chi connectivity index (χ1) is 10.8. The third-order valence-electron chi connectivity index (χ3n) is 2.44. The van der Waals surface area contributed by atoms with Crippen LogP contribution in [0.3, 0.4) is 0 Å². The molecular formula is C14H20Cl2N4O2S. The number of guanidine groups is 1. The summed E-state index contributed by atoms with van der Waals surface area (Å²) in [6, 6.07) is 3.28. The lowest BCUT2D eigenvalue weighted by atomic mass is 10.2. The Balaban J connectivity index is 3.15. The molecule has 23 heavy (non-hydrogen) atoms. The molecule has 0 bridgehead atoms. The molecule has 0 aliphatic carbocycles. The van der Waals surface area contributed by atoms with Gasteiger partial charge < -0.3 is 5.73 Å². The van der Waals surface area contributed by atoms with E-state index in [1.807, 2.05) is 13.8 Å². The van der Waals surface area contributed by atoms with Crippen molar-refractivity contribution in [2.45, 2.75) is 26.4 Å². The quantitative estimate of drug-likeness (QED) is 0.190. The van der Waals surface area contributed by atoms with Crippen molar-refractivity contribution in [3.05, 3.63) is 35.1 Å². The van der Waals surface area contributed by atoms with Crippen molar-refractivity contribution >= 4 is 49.6 Å². The summed E-state index contributed by atoms with van der Waals surface area (Å²) < 4.78 is 16.8. The maximum Gasteiger partial charge on any atom is 0.226 e. The first-order valence-corrected chi connectivity index (χ1v) is 9.38. The van der Waals surface area contributed by atoms with Gasteiger partial charge in [0.25, 0.3) is 0 Å². The number of halogens is 2. The predicted molar refractivity (Wildman–Crippen MR) is 98.8 cm³/mol. The highest BCUT2D eigenvalue weighted by Gasteiger charge is 2.14. The molecule has 0 aromatic carbocycles. The fourth-order valence-corrected chi connectivity index (χ4v) is 3.09. The summed E-state index contributed by atoms with van der Waals surface area (Å²) in [5, 5.41) is 0.330. The molecule has 6 nitrogen and oxygen atoms in total. The summed E-state index contributed by atoms with van der Waals surface area (Å²) in [6.45, 7) is 3.62. The van der Waals surface area contributed by atoms with Gasteiger partial charge in [0.2, 0.25) is 5.96 Å². The first kappa shape index (κ1) is 19.8. The number of nitrogens with zero attached hydrogens (tertiary/aromatic N) is 2. The van der Waals surface area contributed by atoms with Crippen molar-refractivity contribution in [2.24, 2.45) is 10.1 Å². The molecular weight excluding hydrogens is 359 g/mol. The predicted octanol–water partition coefficient (Wildman–Crippen LogP) is 2.58. The van der Waals surface area contributed by atoms with Crippen molar-refractivity contribution in [2.75, 3.05) is 5.88 Å². The lowest BCUT2D eigenvalue weighted by Gasteiger charge is -2.13. The van der Waals surface area contributed by atoms with Crippen molar-refractivity contribution < 1.29 is 9.05 Å². The van der Waals surface area contributed by atoms with Crippen molar-refractivity contribution in [3.8, 4) is 0 Å². The van der Waals surface area contributed by atoms with Crippen molar-refractivity contribution in [1.29, 1.82) is 0 Å². The zero-order valence-electron chi connectivity index (χ0n) is 13.0. The average molecular weight is 379 g/mol. The number of rotatable bonds is 7. The highest BCUT2D eigenvalue weighted by Crippen LogP contribution is 2.24. The second-order valence-corrected chi connectivity index (χ2v) is 7.47. The number of nitrogens with one attached hydrogen (secondary N) is 1. The van der Waals surface area contributed by atoms with E-state index in [0.717, 1.165) is 0 Å². The van der Waals surface area contributed by atoms with Gasteiger partial charge in [-0.15, -0.1) is 11.6 Å². The van der Waals surface area contributed by atoms with Crippen LogP contribution >= 0.6 is 23.2 Å². The van der Waals surface area contributed by atoms with E-state index in [1.165, 1.54) is 6.20 Å². The van der Waals surface area contributed by atoms with E-state index >= 15 is 0 Å². The van der Waals surface area contributed by atoms with Crippen LogP contribution in [0, 0.1) is 0 Å². The number of hydrogen-bond donors (Lipinski definition) is 2. The van der Waals surface area contributed by atoms with Gasteiger partial charge in [0, 0.05) is 17.6 Å². The Labute approximate surface area is 146 Å². The summed E-state index contributed by atoms with van der Waals surface area (Å²) in [5.74, 6) is 3.92. The Morgan fingerprint density at radius 2 is 2.30 bits per heavy atom. The molecule has 0 radical (unpaired) electrons. The molecule has 1 atom stereocenters. The van der Waals surface area contributed by atoms with E-state index in [1.54, 1.807) is 18.2 Å². The number of allylic oxidation sites excluding steroid dienone is 1. The Kier molecular flexibility index (Phi) is 7.84. The van der Waals surface area contributed by atoms with Crippen LogP contribution in [0.2, 0.25) is 5.15 Å². The normalized spacial score (nSPS) is 15.5. The van der Waals surface area contributed by atoms with Gasteiger partial charge in [-0.1, -0.05) is 17.7 Å². The van der Waals surface area contributed by atoms with E-state index < -0.39 is 9.71 Å². The molecule has 0 saturated carbocycles. The van der Waals surface area contributed by atoms with Crippen LogP contribution in [0.15, 0.2) is 28.8 Å². The molecule has 128 valence electrons. The monoisotopic (exact) mass is 378 g/mol. The minimum atomic E-state index is -3.07. The molecule has 0 fully saturated rings. The molecule has 3 N–H and O–H groups in total. The van der Waals surface area contributed by atoms with Gasteiger partial charge in [-0.2, -0.15) is 4.40 Å². The number of aromatic nitrogens is 1. The fraction of sp³-hybridized carbons (Fsp3) is 0.357. The van der Waals surface area contributed by atoms with Crippen LogP contribution in [-0.2, 0) is 14.5 Å². The minimum absolute atomic E-state index is 0.114. The topological polar surface area (TPSA) is 89.6 Å². The molecule has 0 spiro atoms. The zero-order chi connectivity index (χ0) is 17.5. The third-order valence-corrected chi connectivity index (χ3v) is 4.46. The number of alkyl halides is 1. The summed E-state index contributed by atoms with van der Waals surface area (Å²) >= 11 is 11.5. The molecule has 1 aromatic heterocycles. The Hall–Kier alpha value is -1.28. The molecule has 1 unspecified atom stereocenters. The maximum atomic E-state index is 12.9. The Morgan fingerprint density at radius 1 is 1.61 bits per heavy atom. The number of hydroxylamine groups is 1. The zero-order valence-corrected chi connectivity index (χ0v) is 15.3. The highest BCUT2D eigenvalue weighted by molar-refractivity contribution is 8.07. The van der Waals surface area contributed by atoms with E-state index in [9.17, 15) is 4.21 Å². The van der Waals surface area contributed by atoms with Gasteiger partial charge in [-0.25, -0.2) is 14.7 Å². The third kappa shape index (κ3) is 6.78. The maximum absolute atomic E-state index is 12.9. The molecule has 0 amide bonds. The standard InChI is InChI=1S/C14H20Cl2N4O2S/c1-10(2)22-19-14(17)20-23(3,21)12(5-4-8-15)11-6-7-13(16)18-9-11/h5-7,9-10H,3-4,8H2,1-2H3,(H3,17,19,20,21)/b12-5+. The van der Waals surface area contributed by atoms with Gasteiger partial charge >= 0.3 is 0 Å². The molecule has 1 aromatic rings. The van der Waals surface area contributed by atoms with E-state index in [0.29, 0.717) is 27.9 Å². The van der Waals surface area contributed by atoms with Gasteiger partial charge in [0.1, 0.15) is 5.15 Å². The summed E-state index contributed by atoms with van der Waals surface area (Å²) in [7, 11) is -3.07. The molecule has 0 aliphatic rings. The SMILES string of the molecule is C=S(=O)(N=C(N)NOC(C)C)/C(=C/CCCl)c1ccc(Cl)nc1. The Morgan fingerprint density at radius 3 is 2.83 bits per heavy atom. The molecule has 9 heteroatoms. The second-order valence-electron chi connectivity index (χ2n) is 4.80. The van der Waals surface area contributed by atoms with Crippen LogP contribution in [0.25, 0.3) is 4.91 Å². The van der Waals surface area contributed by atoms with Crippen molar-refractivity contribution in [3.63, 3.8) is 0 Å². The van der Waals surface area contributed by atoms with Gasteiger partial charge in [0.05, 0.1) is 20.7 Å². The van der Waals surface area contributed by atoms with Crippen LogP contribution < -0.4 is 11.2 Å². The first-order valence-electron chi connectivity index (χ1n) is 6.78. The lowest BCUT2D eigenvalue weighted by Crippen LogP contribution is -2.34. The summed E-state index contributed by atoms with van der Waals surface area (Å²) in [6.07, 6.45) is 3.58.